The minimum absolute atomic E-state index is 0. The second-order valence-corrected chi connectivity index (χ2v) is 7.93. The molecule has 7 heteroatoms. The van der Waals surface area contributed by atoms with Gasteiger partial charge in [-0.15, -0.1) is 35.3 Å². The van der Waals surface area contributed by atoms with Crippen LogP contribution in [-0.4, -0.2) is 55.1 Å². The average molecular weight is 477 g/mol. The van der Waals surface area contributed by atoms with Crippen molar-refractivity contribution >= 4 is 41.3 Å². The van der Waals surface area contributed by atoms with Gasteiger partial charge in [0.25, 0.3) is 0 Å². The van der Waals surface area contributed by atoms with E-state index in [0.717, 1.165) is 62.1 Å². The Hall–Kier alpha value is -0.670. The third-order valence-corrected chi connectivity index (χ3v) is 5.42. The van der Waals surface area contributed by atoms with E-state index < -0.39 is 0 Å². The highest BCUT2D eigenvalue weighted by atomic mass is 127. The van der Waals surface area contributed by atoms with E-state index >= 15 is 0 Å². The Morgan fingerprint density at radius 1 is 1.36 bits per heavy atom. The van der Waals surface area contributed by atoms with E-state index in [4.69, 9.17) is 0 Å². The number of hydrogen-bond acceptors (Lipinski definition) is 4. The number of piperidine rings is 1. The van der Waals surface area contributed by atoms with Crippen LogP contribution >= 0.6 is 35.3 Å². The number of aromatic nitrogens is 1. The summed E-state index contributed by atoms with van der Waals surface area (Å²) in [7, 11) is 1.84. The van der Waals surface area contributed by atoms with Crippen molar-refractivity contribution in [2.45, 2.75) is 46.1 Å². The van der Waals surface area contributed by atoms with Crippen molar-refractivity contribution in [3.05, 3.63) is 27.7 Å². The smallest absolute Gasteiger partial charge is 0.191 e. The molecule has 1 aromatic heterocycles. The van der Waals surface area contributed by atoms with Gasteiger partial charge in [0, 0.05) is 50.6 Å². The predicted molar refractivity (Wildman–Crippen MR) is 119 cm³/mol. The molecule has 5 nitrogen and oxygen atoms in total. The van der Waals surface area contributed by atoms with Crippen LogP contribution in [0.5, 0.6) is 0 Å². The number of aryl methyl sites for hydroxylation is 2. The van der Waals surface area contributed by atoms with Gasteiger partial charge in [-0.1, -0.05) is 12.2 Å². The molecule has 142 valence electrons. The molecule has 0 amide bonds. The van der Waals surface area contributed by atoms with Crippen LogP contribution in [0.2, 0.25) is 0 Å². The summed E-state index contributed by atoms with van der Waals surface area (Å²) in [5, 5.41) is 8.14. The normalized spacial score (nSPS) is 16.4. The van der Waals surface area contributed by atoms with Crippen molar-refractivity contribution < 1.29 is 0 Å². The molecule has 25 heavy (non-hydrogen) atoms. The van der Waals surface area contributed by atoms with Gasteiger partial charge in [-0.05, 0) is 33.6 Å². The number of hydrogen-bond donors (Lipinski definition) is 2. The van der Waals surface area contributed by atoms with Crippen molar-refractivity contribution in [2.24, 2.45) is 4.99 Å². The first kappa shape index (κ1) is 22.4. The molecule has 1 saturated heterocycles. The van der Waals surface area contributed by atoms with Crippen molar-refractivity contribution in [1.29, 1.82) is 0 Å². The van der Waals surface area contributed by atoms with Crippen LogP contribution in [0, 0.1) is 13.8 Å². The maximum atomic E-state index is 4.48. The fourth-order valence-corrected chi connectivity index (χ4v) is 4.04. The van der Waals surface area contributed by atoms with Crippen LogP contribution in [0.4, 0.5) is 0 Å². The van der Waals surface area contributed by atoms with Crippen molar-refractivity contribution in [2.75, 3.05) is 33.2 Å². The number of nitrogens with zero attached hydrogens (tertiary/aromatic N) is 3. The summed E-state index contributed by atoms with van der Waals surface area (Å²) in [6.07, 6.45) is 3.30. The van der Waals surface area contributed by atoms with E-state index in [1.165, 1.54) is 10.5 Å². The zero-order valence-corrected chi connectivity index (χ0v) is 19.0. The first-order valence-electron chi connectivity index (χ1n) is 8.74. The van der Waals surface area contributed by atoms with Crippen LogP contribution < -0.4 is 10.6 Å². The van der Waals surface area contributed by atoms with Gasteiger partial charge >= 0.3 is 0 Å². The molecule has 2 heterocycles. The standard InChI is InChI=1S/C18H31N5S.HI/c1-13(2)12-23-10-7-16(8-11-23)22-18(19-5)20-9-6-17-14(3)21-15(4)24-17;/h16H,1,6-12H2,2-5H3,(H2,19,20,22);1H. The molecule has 0 saturated carbocycles. The van der Waals surface area contributed by atoms with Crippen LogP contribution in [-0.2, 0) is 6.42 Å². The van der Waals surface area contributed by atoms with E-state index in [1.807, 2.05) is 7.05 Å². The molecule has 0 bridgehead atoms. The zero-order chi connectivity index (χ0) is 17.5. The fraction of sp³-hybridized carbons (Fsp3) is 0.667. The average Bonchev–Trinajstić information content (AvgIpc) is 2.85. The summed E-state index contributed by atoms with van der Waals surface area (Å²) >= 11 is 1.79. The molecule has 1 fully saturated rings. The molecule has 0 aliphatic carbocycles. The lowest BCUT2D eigenvalue weighted by Crippen LogP contribution is -2.49. The first-order chi connectivity index (χ1) is 11.5. The lowest BCUT2D eigenvalue weighted by Gasteiger charge is -2.33. The molecule has 0 radical (unpaired) electrons. The van der Waals surface area contributed by atoms with Gasteiger partial charge in [0.05, 0.1) is 10.7 Å². The quantitative estimate of drug-likeness (QED) is 0.286. The number of guanidine groups is 1. The second-order valence-electron chi connectivity index (χ2n) is 6.64. The first-order valence-corrected chi connectivity index (χ1v) is 9.56. The summed E-state index contributed by atoms with van der Waals surface area (Å²) in [5.41, 5.74) is 2.40. The number of thiazole rings is 1. The molecule has 2 rings (SSSR count). The Kier molecular flexibility index (Phi) is 9.96. The van der Waals surface area contributed by atoms with Gasteiger partial charge in [0.2, 0.25) is 0 Å². The Morgan fingerprint density at radius 3 is 2.56 bits per heavy atom. The monoisotopic (exact) mass is 477 g/mol. The molecule has 1 aliphatic rings. The van der Waals surface area contributed by atoms with Gasteiger partial charge in [-0.25, -0.2) is 4.98 Å². The Labute approximate surface area is 173 Å². The number of nitrogens with one attached hydrogen (secondary N) is 2. The van der Waals surface area contributed by atoms with Gasteiger partial charge < -0.3 is 10.6 Å². The minimum atomic E-state index is 0. The summed E-state index contributed by atoms with van der Waals surface area (Å²) in [4.78, 5) is 12.7. The highest BCUT2D eigenvalue weighted by Crippen LogP contribution is 2.17. The van der Waals surface area contributed by atoms with Crippen LogP contribution in [0.3, 0.4) is 0 Å². The summed E-state index contributed by atoms with van der Waals surface area (Å²) in [6, 6.07) is 0.505. The van der Waals surface area contributed by atoms with E-state index in [0.29, 0.717) is 6.04 Å². The number of rotatable bonds is 6. The van der Waals surface area contributed by atoms with Gasteiger partial charge in [-0.3, -0.25) is 9.89 Å². The molecule has 0 spiro atoms. The Morgan fingerprint density at radius 2 is 2.04 bits per heavy atom. The molecule has 0 unspecified atom stereocenters. The van der Waals surface area contributed by atoms with Crippen molar-refractivity contribution in [3.63, 3.8) is 0 Å². The Bertz CT molecular complexity index is 576. The summed E-state index contributed by atoms with van der Waals surface area (Å²) < 4.78 is 0. The third-order valence-electron chi connectivity index (χ3n) is 4.29. The Balaban J connectivity index is 0.00000312. The highest BCUT2D eigenvalue weighted by molar-refractivity contribution is 14.0. The highest BCUT2D eigenvalue weighted by Gasteiger charge is 2.19. The molecule has 0 aromatic carbocycles. The number of likely N-dealkylation sites (tertiary alicyclic amines) is 1. The molecular weight excluding hydrogens is 445 g/mol. The molecule has 2 N–H and O–H groups in total. The van der Waals surface area contributed by atoms with E-state index in [-0.39, 0.29) is 24.0 Å². The fourth-order valence-electron chi connectivity index (χ4n) is 3.10. The van der Waals surface area contributed by atoms with Crippen molar-refractivity contribution in [3.8, 4) is 0 Å². The molecule has 1 aliphatic heterocycles. The lowest BCUT2D eigenvalue weighted by molar-refractivity contribution is 0.221. The van der Waals surface area contributed by atoms with E-state index in [9.17, 15) is 0 Å². The van der Waals surface area contributed by atoms with E-state index in [1.54, 1.807) is 11.3 Å². The molecular formula is C18H32IN5S. The second kappa shape index (κ2) is 11.1. The topological polar surface area (TPSA) is 52.5 Å². The summed E-state index contributed by atoms with van der Waals surface area (Å²) in [6.45, 7) is 14.4. The van der Waals surface area contributed by atoms with Gasteiger partial charge in [0.1, 0.15) is 0 Å². The largest absolute Gasteiger partial charge is 0.356 e. The maximum absolute atomic E-state index is 4.48. The molecule has 1 aromatic rings. The minimum Gasteiger partial charge on any atom is -0.356 e. The van der Waals surface area contributed by atoms with Crippen LogP contribution in [0.15, 0.2) is 17.1 Å². The summed E-state index contributed by atoms with van der Waals surface area (Å²) in [5.74, 6) is 0.909. The van der Waals surface area contributed by atoms with Gasteiger partial charge in [0.15, 0.2) is 5.96 Å². The SMILES string of the molecule is C=C(C)CN1CCC(NC(=NC)NCCc2sc(C)nc2C)CC1.I. The zero-order valence-electron chi connectivity index (χ0n) is 15.9. The van der Waals surface area contributed by atoms with Crippen LogP contribution in [0.25, 0.3) is 0 Å². The maximum Gasteiger partial charge on any atom is 0.191 e. The third kappa shape index (κ3) is 7.62. The molecule has 0 atom stereocenters. The van der Waals surface area contributed by atoms with Crippen molar-refractivity contribution in [1.82, 2.24) is 20.5 Å². The van der Waals surface area contributed by atoms with E-state index in [2.05, 4.69) is 52.9 Å². The van der Waals surface area contributed by atoms with Gasteiger partial charge in [-0.2, -0.15) is 0 Å². The van der Waals surface area contributed by atoms with Crippen LogP contribution in [0.1, 0.15) is 35.3 Å². The predicted octanol–water partition coefficient (Wildman–Crippen LogP) is 3.13. The number of aliphatic imine (C=N–C) groups is 1. The number of halogens is 1. The lowest BCUT2D eigenvalue weighted by atomic mass is 10.0.